The molecule has 4 aliphatic heterocycles. The molecule has 25 atom stereocenters. The first kappa shape index (κ1) is 50.3. The van der Waals surface area contributed by atoms with Crippen LogP contribution in [0.5, 0.6) is 0 Å². The predicted octanol–water partition coefficient (Wildman–Crippen LogP) is 0.735. The smallest absolute Gasteiger partial charge is 0.314 e. The summed E-state index contributed by atoms with van der Waals surface area (Å²) in [5.74, 6) is -0.852. The molecule has 8 rings (SSSR count). The summed E-state index contributed by atoms with van der Waals surface area (Å²) in [6.07, 6.45) is -18.9. The second-order valence-electron chi connectivity index (χ2n) is 22.0. The Morgan fingerprint density at radius 2 is 1.38 bits per heavy atom. The normalized spacial score (nSPS) is 53.6. The van der Waals surface area contributed by atoms with Gasteiger partial charge in [0.25, 0.3) is 0 Å². The number of rotatable bonds is 10. The fourth-order valence-corrected chi connectivity index (χ4v) is 15.0. The highest BCUT2D eigenvalue weighted by molar-refractivity contribution is 5.78. The van der Waals surface area contributed by atoms with E-state index in [2.05, 4.69) is 40.9 Å². The maximum absolute atomic E-state index is 15.0. The molecule has 4 aliphatic carbocycles. The molecule has 18 nitrogen and oxygen atoms in total. The molecule has 9 N–H and O–H groups in total. The molecule has 66 heavy (non-hydrogen) atoms. The zero-order chi connectivity index (χ0) is 48.2. The Kier molecular flexibility index (Phi) is 13.9. The van der Waals surface area contributed by atoms with Gasteiger partial charge in [-0.25, -0.2) is 0 Å². The van der Waals surface area contributed by atoms with Gasteiger partial charge >= 0.3 is 11.9 Å². The summed E-state index contributed by atoms with van der Waals surface area (Å²) in [5, 5.41) is 96.5. The number of fused-ring (bicyclic) bond motifs is 4. The van der Waals surface area contributed by atoms with Gasteiger partial charge in [-0.15, -0.1) is 0 Å². The van der Waals surface area contributed by atoms with Crippen LogP contribution in [0.3, 0.4) is 0 Å². The zero-order valence-electron chi connectivity index (χ0n) is 39.0. The number of esters is 2. The SMILES string of the molecule is C=C(C)C1CCC2(C(=O)OC3OC(COC4OC(CO)C(OC5OC(C)C(O)C(O)C5O)C(O)C4O)C(O)C(O)C3O)CCC3(C)C(CC4OC(=O)CCC5(C)C(C(=C)C)CCC3(C)C45)C12. The Morgan fingerprint density at radius 3 is 2.05 bits per heavy atom. The van der Waals surface area contributed by atoms with Crippen molar-refractivity contribution in [2.45, 2.75) is 198 Å². The van der Waals surface area contributed by atoms with Crippen molar-refractivity contribution in [2.24, 2.45) is 51.2 Å². The van der Waals surface area contributed by atoms with E-state index in [0.29, 0.717) is 38.5 Å². The molecule has 8 aliphatic rings. The van der Waals surface area contributed by atoms with E-state index in [0.717, 1.165) is 30.4 Å². The lowest BCUT2D eigenvalue weighted by atomic mass is 9.33. The summed E-state index contributed by atoms with van der Waals surface area (Å²) < 4.78 is 41.2. The van der Waals surface area contributed by atoms with Crippen LogP contribution in [0.4, 0.5) is 0 Å². The lowest BCUT2D eigenvalue weighted by Crippen LogP contribution is -2.68. The lowest BCUT2D eigenvalue weighted by molar-refractivity contribution is -0.361. The van der Waals surface area contributed by atoms with Crippen molar-refractivity contribution in [3.63, 3.8) is 0 Å². The fraction of sp³-hybridized carbons (Fsp3) is 0.875. The minimum atomic E-state index is -1.87. The molecule has 0 amide bonds. The zero-order valence-corrected chi connectivity index (χ0v) is 39.0. The third-order valence-corrected chi connectivity index (χ3v) is 18.6. The van der Waals surface area contributed by atoms with Crippen LogP contribution < -0.4 is 0 Å². The van der Waals surface area contributed by atoms with Gasteiger partial charge in [0.05, 0.1) is 24.7 Å². The Labute approximate surface area is 386 Å². The Bertz CT molecular complexity index is 1850. The van der Waals surface area contributed by atoms with E-state index in [1.807, 2.05) is 6.92 Å². The van der Waals surface area contributed by atoms with Gasteiger partial charge in [0.15, 0.2) is 12.6 Å². The van der Waals surface area contributed by atoms with E-state index >= 15 is 4.79 Å². The molecule has 0 aromatic rings. The molecule has 4 heterocycles. The number of aliphatic hydroxyl groups excluding tert-OH is 9. The van der Waals surface area contributed by atoms with Gasteiger partial charge in [-0.3, -0.25) is 9.59 Å². The summed E-state index contributed by atoms with van der Waals surface area (Å²) >= 11 is 0. The molecule has 374 valence electrons. The van der Waals surface area contributed by atoms with E-state index < -0.39 is 117 Å². The Morgan fingerprint density at radius 1 is 0.727 bits per heavy atom. The number of aliphatic hydroxyl groups is 9. The predicted molar refractivity (Wildman–Crippen MR) is 229 cm³/mol. The van der Waals surface area contributed by atoms with E-state index in [1.54, 1.807) is 0 Å². The molecule has 4 saturated carbocycles. The maximum Gasteiger partial charge on any atom is 0.314 e. The van der Waals surface area contributed by atoms with Crippen LogP contribution in [-0.2, 0) is 42.7 Å². The third kappa shape index (κ3) is 7.85. The van der Waals surface area contributed by atoms with Crippen molar-refractivity contribution in [2.75, 3.05) is 13.2 Å². The number of carbonyl (C=O) groups excluding carboxylic acids is 2. The average Bonchev–Trinajstić information content (AvgIpc) is 3.62. The van der Waals surface area contributed by atoms with Crippen LogP contribution in [0.2, 0.25) is 0 Å². The molecule has 25 unspecified atom stereocenters. The second-order valence-corrected chi connectivity index (χ2v) is 22.0. The van der Waals surface area contributed by atoms with Gasteiger partial charge in [0.1, 0.15) is 73.2 Å². The number of carbonyl (C=O) groups is 2. The number of ether oxygens (including phenoxy) is 7. The van der Waals surface area contributed by atoms with Crippen LogP contribution in [0.1, 0.15) is 99.3 Å². The van der Waals surface area contributed by atoms with E-state index in [-0.39, 0.29) is 57.9 Å². The van der Waals surface area contributed by atoms with Crippen LogP contribution in [-0.4, -0.2) is 169 Å². The molecule has 8 fully saturated rings. The minimum Gasteiger partial charge on any atom is -0.462 e. The highest BCUT2D eigenvalue weighted by Crippen LogP contribution is 2.77. The van der Waals surface area contributed by atoms with Gasteiger partial charge < -0.3 is 79.1 Å². The Hall–Kier alpha value is -2.14. The van der Waals surface area contributed by atoms with Crippen molar-refractivity contribution in [3.05, 3.63) is 24.3 Å². The molecular formula is C48H74O18. The second kappa shape index (κ2) is 18.2. The van der Waals surface area contributed by atoms with E-state index in [9.17, 15) is 50.8 Å². The van der Waals surface area contributed by atoms with Crippen molar-refractivity contribution in [1.29, 1.82) is 0 Å². The first-order valence-electron chi connectivity index (χ1n) is 24.0. The van der Waals surface area contributed by atoms with Crippen LogP contribution in [0.15, 0.2) is 24.3 Å². The quantitative estimate of drug-likeness (QED) is 0.108. The maximum atomic E-state index is 15.0. The molecule has 4 saturated heterocycles. The van der Waals surface area contributed by atoms with Crippen molar-refractivity contribution in [1.82, 2.24) is 0 Å². The van der Waals surface area contributed by atoms with Crippen molar-refractivity contribution >= 4 is 11.9 Å². The third-order valence-electron chi connectivity index (χ3n) is 18.6. The highest BCUT2D eigenvalue weighted by atomic mass is 16.8. The number of hydrogen-bond donors (Lipinski definition) is 9. The van der Waals surface area contributed by atoms with Gasteiger partial charge in [-0.2, -0.15) is 0 Å². The standard InChI is InChI=1S/C48H74O18/c1-20(2)23-9-14-48(16-15-46(7)25(30(23)48)17-26-40-45(6,12-11-29(50)62-26)24(21(3)4)10-13-47(40,46)8)44(59)66-43-37(57)34(54)32(52)28(64-43)19-60-41-38(58)35(55)39(27(18-49)63-41)65-42-36(56)33(53)31(51)22(5)61-42/h22-28,30-43,49,51-58H,1,3,9-19H2,2,4-8H3. The van der Waals surface area contributed by atoms with Crippen LogP contribution in [0.25, 0.3) is 0 Å². The largest absolute Gasteiger partial charge is 0.462 e. The van der Waals surface area contributed by atoms with Gasteiger partial charge in [-0.05, 0) is 112 Å². The summed E-state index contributed by atoms with van der Waals surface area (Å²) in [4.78, 5) is 28.4. The van der Waals surface area contributed by atoms with Gasteiger partial charge in [-0.1, -0.05) is 45.1 Å². The van der Waals surface area contributed by atoms with E-state index in [1.165, 1.54) is 6.92 Å². The van der Waals surface area contributed by atoms with Gasteiger partial charge in [0.2, 0.25) is 6.29 Å². The molecule has 0 bridgehead atoms. The number of allylic oxidation sites excluding steroid dienone is 2. The lowest BCUT2D eigenvalue weighted by Gasteiger charge is -2.71. The van der Waals surface area contributed by atoms with Crippen LogP contribution in [0, 0.1) is 51.2 Å². The molecule has 0 aromatic heterocycles. The Balaban J connectivity index is 0.991. The minimum absolute atomic E-state index is 0.0546. The summed E-state index contributed by atoms with van der Waals surface area (Å²) in [6.45, 7) is 20.0. The fourth-order valence-electron chi connectivity index (χ4n) is 15.0. The van der Waals surface area contributed by atoms with Crippen molar-refractivity contribution in [3.8, 4) is 0 Å². The van der Waals surface area contributed by atoms with E-state index in [4.69, 9.17) is 33.2 Å². The molecule has 0 aromatic carbocycles. The summed E-state index contributed by atoms with van der Waals surface area (Å²) in [5.41, 5.74) is 0.334. The molecule has 18 heteroatoms. The molecule has 0 radical (unpaired) electrons. The topological polar surface area (TPSA) is 281 Å². The summed E-state index contributed by atoms with van der Waals surface area (Å²) in [7, 11) is 0. The van der Waals surface area contributed by atoms with Crippen molar-refractivity contribution < 1.29 is 88.7 Å². The molecular weight excluding hydrogens is 865 g/mol. The first-order chi connectivity index (χ1) is 30.9. The molecule has 0 spiro atoms. The monoisotopic (exact) mass is 938 g/mol. The first-order valence-corrected chi connectivity index (χ1v) is 24.0. The number of hydrogen-bond acceptors (Lipinski definition) is 18. The van der Waals surface area contributed by atoms with Gasteiger partial charge in [0, 0.05) is 12.3 Å². The van der Waals surface area contributed by atoms with Crippen LogP contribution >= 0.6 is 0 Å². The average molecular weight is 939 g/mol. The summed E-state index contributed by atoms with van der Waals surface area (Å²) in [6, 6.07) is 0. The highest BCUT2D eigenvalue weighted by Gasteiger charge is 2.74.